The van der Waals surface area contributed by atoms with Crippen LogP contribution < -0.4 is 0 Å². The lowest BCUT2D eigenvalue weighted by molar-refractivity contribution is 0.130. The maximum Gasteiger partial charge on any atom is 0.0573 e. The van der Waals surface area contributed by atoms with Crippen molar-refractivity contribution >= 4 is 0 Å². The van der Waals surface area contributed by atoms with Crippen LogP contribution in [0.2, 0.25) is 0 Å². The number of aliphatic hydroxyl groups excluding tert-OH is 1. The van der Waals surface area contributed by atoms with Crippen LogP contribution in [0.15, 0.2) is 0 Å². The molecule has 0 spiro atoms. The van der Waals surface area contributed by atoms with Gasteiger partial charge >= 0.3 is 0 Å². The minimum atomic E-state index is -0.0648. The topological polar surface area (TPSA) is 20.2 Å². The van der Waals surface area contributed by atoms with Crippen molar-refractivity contribution in [2.24, 2.45) is 17.3 Å². The Bertz CT molecular complexity index is 129. The van der Waals surface area contributed by atoms with E-state index in [0.29, 0.717) is 17.3 Å². The van der Waals surface area contributed by atoms with Crippen molar-refractivity contribution in [1.82, 2.24) is 0 Å². The summed E-state index contributed by atoms with van der Waals surface area (Å²) in [5, 5.41) is 9.50. The quantitative estimate of drug-likeness (QED) is 0.625. The van der Waals surface area contributed by atoms with Gasteiger partial charge < -0.3 is 5.11 Å². The average molecular weight is 142 g/mol. The van der Waals surface area contributed by atoms with E-state index >= 15 is 0 Å². The van der Waals surface area contributed by atoms with Gasteiger partial charge in [-0.2, -0.15) is 0 Å². The van der Waals surface area contributed by atoms with Crippen LogP contribution in [0.5, 0.6) is 0 Å². The van der Waals surface area contributed by atoms with Crippen LogP contribution in [-0.4, -0.2) is 11.2 Å². The lowest BCUT2D eigenvalue weighted by Crippen LogP contribution is -2.11. The Morgan fingerprint density at radius 3 is 2.00 bits per heavy atom. The van der Waals surface area contributed by atoms with Crippen LogP contribution in [0, 0.1) is 17.3 Å². The Morgan fingerprint density at radius 1 is 1.50 bits per heavy atom. The van der Waals surface area contributed by atoms with E-state index in [4.69, 9.17) is 0 Å². The maximum atomic E-state index is 9.50. The monoisotopic (exact) mass is 142 g/mol. The Labute approximate surface area is 63.4 Å². The summed E-state index contributed by atoms with van der Waals surface area (Å²) in [5.41, 5.74) is 0.398. The van der Waals surface area contributed by atoms with Gasteiger partial charge in [-0.05, 0) is 23.7 Å². The van der Waals surface area contributed by atoms with Gasteiger partial charge in [0, 0.05) is 0 Å². The normalized spacial score (nSPS) is 39.3. The second kappa shape index (κ2) is 2.23. The van der Waals surface area contributed by atoms with E-state index in [1.54, 1.807) is 0 Å². The predicted octanol–water partition coefficient (Wildman–Crippen LogP) is 2.05. The summed E-state index contributed by atoms with van der Waals surface area (Å²) in [6, 6.07) is 0. The van der Waals surface area contributed by atoms with E-state index in [1.807, 2.05) is 6.92 Å². The standard InChI is InChI=1S/C9H18O/c1-5-7(10)8-6(2)9(8,3)4/h6-8,10H,5H2,1-4H3. The Morgan fingerprint density at radius 2 is 1.90 bits per heavy atom. The first-order chi connectivity index (χ1) is 4.51. The van der Waals surface area contributed by atoms with Crippen molar-refractivity contribution < 1.29 is 5.11 Å². The molecule has 1 fully saturated rings. The summed E-state index contributed by atoms with van der Waals surface area (Å²) in [5.74, 6) is 1.26. The van der Waals surface area contributed by atoms with Gasteiger partial charge in [0.15, 0.2) is 0 Å². The van der Waals surface area contributed by atoms with Crippen LogP contribution in [-0.2, 0) is 0 Å². The number of rotatable bonds is 2. The molecule has 0 saturated heterocycles. The largest absolute Gasteiger partial charge is 0.393 e. The summed E-state index contributed by atoms with van der Waals surface area (Å²) < 4.78 is 0. The molecular formula is C9H18O. The molecule has 0 heterocycles. The minimum absolute atomic E-state index is 0.0648. The molecule has 0 amide bonds. The first-order valence-electron chi connectivity index (χ1n) is 4.19. The van der Waals surface area contributed by atoms with Crippen LogP contribution in [0.4, 0.5) is 0 Å². The third-order valence-electron chi connectivity index (χ3n) is 3.30. The predicted molar refractivity (Wildman–Crippen MR) is 42.7 cm³/mol. The van der Waals surface area contributed by atoms with E-state index in [0.717, 1.165) is 6.42 Å². The van der Waals surface area contributed by atoms with Gasteiger partial charge in [-0.25, -0.2) is 0 Å². The van der Waals surface area contributed by atoms with Crippen LogP contribution in [0.3, 0.4) is 0 Å². The molecular weight excluding hydrogens is 124 g/mol. The highest BCUT2D eigenvalue weighted by molar-refractivity contribution is 5.05. The summed E-state index contributed by atoms with van der Waals surface area (Å²) in [4.78, 5) is 0. The molecule has 1 aliphatic carbocycles. The van der Waals surface area contributed by atoms with E-state index in [9.17, 15) is 5.11 Å². The molecule has 1 N–H and O–H groups in total. The number of hydrogen-bond acceptors (Lipinski definition) is 1. The minimum Gasteiger partial charge on any atom is -0.393 e. The third-order valence-corrected chi connectivity index (χ3v) is 3.30. The summed E-state index contributed by atoms with van der Waals surface area (Å²) in [7, 11) is 0. The molecule has 0 aromatic rings. The van der Waals surface area contributed by atoms with Gasteiger partial charge in [0.05, 0.1) is 6.10 Å². The molecule has 1 aliphatic rings. The van der Waals surface area contributed by atoms with Gasteiger partial charge in [0.1, 0.15) is 0 Å². The summed E-state index contributed by atoms with van der Waals surface area (Å²) in [6.07, 6.45) is 0.836. The highest BCUT2D eigenvalue weighted by Crippen LogP contribution is 2.59. The number of hydrogen-bond donors (Lipinski definition) is 1. The zero-order chi connectivity index (χ0) is 7.94. The molecule has 1 heteroatoms. The van der Waals surface area contributed by atoms with E-state index in [2.05, 4.69) is 20.8 Å². The smallest absolute Gasteiger partial charge is 0.0573 e. The third kappa shape index (κ3) is 0.968. The second-order valence-corrected chi connectivity index (χ2v) is 4.11. The fourth-order valence-corrected chi connectivity index (χ4v) is 2.02. The Balaban J connectivity index is 2.48. The van der Waals surface area contributed by atoms with Gasteiger partial charge in [-0.15, -0.1) is 0 Å². The zero-order valence-corrected chi connectivity index (χ0v) is 7.39. The second-order valence-electron chi connectivity index (χ2n) is 4.11. The van der Waals surface area contributed by atoms with Gasteiger partial charge in [0.25, 0.3) is 0 Å². The van der Waals surface area contributed by atoms with Gasteiger partial charge in [-0.3, -0.25) is 0 Å². The van der Waals surface area contributed by atoms with Crippen molar-refractivity contribution in [2.75, 3.05) is 0 Å². The van der Waals surface area contributed by atoms with Crippen LogP contribution in [0.25, 0.3) is 0 Å². The molecule has 0 aromatic heterocycles. The molecule has 0 radical (unpaired) electrons. The van der Waals surface area contributed by atoms with Crippen molar-refractivity contribution in [3.63, 3.8) is 0 Å². The molecule has 1 nitrogen and oxygen atoms in total. The van der Waals surface area contributed by atoms with Crippen molar-refractivity contribution in [1.29, 1.82) is 0 Å². The van der Waals surface area contributed by atoms with Crippen LogP contribution >= 0.6 is 0 Å². The molecule has 1 rings (SSSR count). The summed E-state index contributed by atoms with van der Waals surface area (Å²) >= 11 is 0. The molecule has 3 unspecified atom stereocenters. The molecule has 0 aliphatic heterocycles. The van der Waals surface area contributed by atoms with Crippen molar-refractivity contribution in [3.8, 4) is 0 Å². The van der Waals surface area contributed by atoms with E-state index in [-0.39, 0.29) is 6.10 Å². The Hall–Kier alpha value is -0.0400. The van der Waals surface area contributed by atoms with Crippen molar-refractivity contribution in [2.45, 2.75) is 40.2 Å². The number of aliphatic hydroxyl groups is 1. The van der Waals surface area contributed by atoms with Crippen molar-refractivity contribution in [3.05, 3.63) is 0 Å². The molecule has 1 saturated carbocycles. The fraction of sp³-hybridized carbons (Fsp3) is 1.00. The highest BCUT2D eigenvalue weighted by atomic mass is 16.3. The fourth-order valence-electron chi connectivity index (χ4n) is 2.02. The maximum absolute atomic E-state index is 9.50. The first-order valence-corrected chi connectivity index (χ1v) is 4.19. The zero-order valence-electron chi connectivity index (χ0n) is 7.39. The van der Waals surface area contributed by atoms with E-state index < -0.39 is 0 Å². The van der Waals surface area contributed by atoms with Gasteiger partial charge in [-0.1, -0.05) is 27.7 Å². The Kier molecular flexibility index (Phi) is 1.80. The van der Waals surface area contributed by atoms with Crippen LogP contribution in [0.1, 0.15) is 34.1 Å². The summed E-state index contributed by atoms with van der Waals surface area (Å²) in [6.45, 7) is 8.75. The molecule has 60 valence electrons. The van der Waals surface area contributed by atoms with E-state index in [1.165, 1.54) is 0 Å². The average Bonchev–Trinajstić information content (AvgIpc) is 2.33. The first kappa shape index (κ1) is 8.06. The van der Waals surface area contributed by atoms with Gasteiger partial charge in [0.2, 0.25) is 0 Å². The lowest BCUT2D eigenvalue weighted by Gasteiger charge is -2.07. The molecule has 3 atom stereocenters. The molecule has 0 bridgehead atoms. The molecule has 10 heavy (non-hydrogen) atoms. The molecule has 0 aromatic carbocycles. The SMILES string of the molecule is CCC(O)C1C(C)C1(C)C. The highest BCUT2D eigenvalue weighted by Gasteiger charge is 2.57. The lowest BCUT2D eigenvalue weighted by atomic mass is 10.0.